The fraction of sp³-hybridized carbons (Fsp3) is 0.286. The number of rotatable bonds is 9. The van der Waals surface area contributed by atoms with Gasteiger partial charge in [-0.2, -0.15) is 0 Å². The molecule has 0 aliphatic heterocycles. The fourth-order valence-corrected chi connectivity index (χ4v) is 3.77. The molecule has 3 rings (SSSR count). The van der Waals surface area contributed by atoms with Crippen molar-refractivity contribution in [3.05, 3.63) is 59.1 Å². The second-order valence-corrected chi connectivity index (χ2v) is 7.67. The predicted molar refractivity (Wildman–Crippen MR) is 117 cm³/mol. The van der Waals surface area contributed by atoms with E-state index in [1.165, 1.54) is 11.8 Å². The number of aromatic nitrogens is 3. The monoisotopic (exact) mass is 430 g/mol. The van der Waals surface area contributed by atoms with Gasteiger partial charge in [0.05, 0.1) is 12.9 Å². The van der Waals surface area contributed by atoms with Crippen molar-refractivity contribution < 1.29 is 9.53 Å². The molecule has 6 nitrogen and oxygen atoms in total. The van der Waals surface area contributed by atoms with Crippen molar-refractivity contribution in [2.24, 2.45) is 0 Å². The molecule has 0 spiro atoms. The number of nitrogens with one attached hydrogen (secondary N) is 1. The van der Waals surface area contributed by atoms with Crippen LogP contribution in [0.2, 0.25) is 5.02 Å². The lowest BCUT2D eigenvalue weighted by atomic mass is 10.1. The summed E-state index contributed by atoms with van der Waals surface area (Å²) in [6.45, 7) is 3.33. The number of halogens is 1. The minimum Gasteiger partial charge on any atom is -0.497 e. The van der Waals surface area contributed by atoms with Crippen molar-refractivity contribution in [1.82, 2.24) is 20.1 Å². The molecule has 152 valence electrons. The average Bonchev–Trinajstić information content (AvgIpc) is 3.16. The van der Waals surface area contributed by atoms with E-state index in [2.05, 4.69) is 15.5 Å². The van der Waals surface area contributed by atoms with Gasteiger partial charge in [0, 0.05) is 23.7 Å². The van der Waals surface area contributed by atoms with Gasteiger partial charge in [0.1, 0.15) is 5.75 Å². The van der Waals surface area contributed by atoms with Gasteiger partial charge in [0.2, 0.25) is 5.91 Å². The largest absolute Gasteiger partial charge is 0.497 e. The molecule has 0 saturated heterocycles. The van der Waals surface area contributed by atoms with Gasteiger partial charge >= 0.3 is 0 Å². The van der Waals surface area contributed by atoms with Crippen LogP contribution in [0.15, 0.2) is 53.7 Å². The number of amides is 1. The van der Waals surface area contributed by atoms with Gasteiger partial charge in [0.15, 0.2) is 11.0 Å². The van der Waals surface area contributed by atoms with E-state index in [0.29, 0.717) is 23.9 Å². The standard InChI is InChI=1S/C21H23ClN4O2S/c1-3-26-20(16-6-8-17(22)9-7-16)24-25-21(26)29-14-19(27)23-13-12-15-4-10-18(28-2)11-5-15/h4-11H,3,12-14H2,1-2H3,(H,23,27). The second kappa shape index (κ2) is 10.3. The Bertz CT molecular complexity index is 942. The van der Waals surface area contributed by atoms with E-state index in [1.54, 1.807) is 7.11 Å². The van der Waals surface area contributed by atoms with Crippen LogP contribution in [-0.4, -0.2) is 40.1 Å². The number of benzene rings is 2. The molecule has 0 aliphatic carbocycles. The lowest BCUT2D eigenvalue weighted by Gasteiger charge is -2.08. The third kappa shape index (κ3) is 5.74. The van der Waals surface area contributed by atoms with Crippen LogP contribution in [0.25, 0.3) is 11.4 Å². The van der Waals surface area contributed by atoms with Gasteiger partial charge in [-0.15, -0.1) is 10.2 Å². The Morgan fingerprint density at radius 3 is 2.52 bits per heavy atom. The van der Waals surface area contributed by atoms with Crippen molar-refractivity contribution >= 4 is 29.3 Å². The summed E-state index contributed by atoms with van der Waals surface area (Å²) in [6, 6.07) is 15.3. The molecule has 3 aromatic rings. The molecule has 0 radical (unpaired) electrons. The molecule has 29 heavy (non-hydrogen) atoms. The summed E-state index contributed by atoms with van der Waals surface area (Å²) in [6.07, 6.45) is 0.770. The first-order valence-corrected chi connectivity index (χ1v) is 10.7. The molecule has 0 fully saturated rings. The predicted octanol–water partition coefficient (Wildman–Crippen LogP) is 4.08. The number of carbonyl (C=O) groups excluding carboxylic acids is 1. The zero-order chi connectivity index (χ0) is 20.6. The highest BCUT2D eigenvalue weighted by molar-refractivity contribution is 7.99. The van der Waals surface area contributed by atoms with Gasteiger partial charge in [-0.1, -0.05) is 35.5 Å². The first-order chi connectivity index (χ1) is 14.1. The second-order valence-electron chi connectivity index (χ2n) is 6.29. The number of methoxy groups -OCH3 is 1. The van der Waals surface area contributed by atoms with Crippen molar-refractivity contribution in [2.75, 3.05) is 19.4 Å². The van der Waals surface area contributed by atoms with E-state index in [1.807, 2.05) is 60.0 Å². The lowest BCUT2D eigenvalue weighted by molar-refractivity contribution is -0.118. The smallest absolute Gasteiger partial charge is 0.230 e. The number of thioether (sulfide) groups is 1. The highest BCUT2D eigenvalue weighted by Gasteiger charge is 2.14. The van der Waals surface area contributed by atoms with Crippen molar-refractivity contribution in [3.8, 4) is 17.1 Å². The van der Waals surface area contributed by atoms with E-state index < -0.39 is 0 Å². The number of nitrogens with zero attached hydrogens (tertiary/aromatic N) is 3. The first-order valence-electron chi connectivity index (χ1n) is 9.32. The van der Waals surface area contributed by atoms with Gasteiger partial charge in [0.25, 0.3) is 0 Å². The zero-order valence-electron chi connectivity index (χ0n) is 16.4. The number of hydrogen-bond acceptors (Lipinski definition) is 5. The maximum Gasteiger partial charge on any atom is 0.230 e. The van der Waals surface area contributed by atoms with Gasteiger partial charge in [-0.3, -0.25) is 4.79 Å². The highest BCUT2D eigenvalue weighted by atomic mass is 35.5. The van der Waals surface area contributed by atoms with Crippen LogP contribution < -0.4 is 10.1 Å². The van der Waals surface area contributed by atoms with Crippen LogP contribution in [0.5, 0.6) is 5.75 Å². The summed E-state index contributed by atoms with van der Waals surface area (Å²) < 4.78 is 7.15. The van der Waals surface area contributed by atoms with Crippen molar-refractivity contribution in [3.63, 3.8) is 0 Å². The molecule has 1 amide bonds. The highest BCUT2D eigenvalue weighted by Crippen LogP contribution is 2.25. The summed E-state index contributed by atoms with van der Waals surface area (Å²) >= 11 is 7.34. The summed E-state index contributed by atoms with van der Waals surface area (Å²) in [4.78, 5) is 12.2. The molecule has 2 aromatic carbocycles. The van der Waals surface area contributed by atoms with Crippen molar-refractivity contribution in [2.45, 2.75) is 25.0 Å². The van der Waals surface area contributed by atoms with Gasteiger partial charge < -0.3 is 14.6 Å². The Labute approximate surface area is 179 Å². The Morgan fingerprint density at radius 1 is 1.14 bits per heavy atom. The molecule has 0 unspecified atom stereocenters. The first kappa shape index (κ1) is 21.2. The van der Waals surface area contributed by atoms with Crippen LogP contribution in [0.3, 0.4) is 0 Å². The minimum absolute atomic E-state index is 0.0257. The molecule has 1 N–H and O–H groups in total. The molecule has 1 aromatic heterocycles. The molecular formula is C21H23ClN4O2S. The molecule has 8 heteroatoms. The Morgan fingerprint density at radius 2 is 1.86 bits per heavy atom. The quantitative estimate of drug-likeness (QED) is 0.518. The van der Waals surface area contributed by atoms with E-state index >= 15 is 0 Å². The summed E-state index contributed by atoms with van der Waals surface area (Å²) in [5.41, 5.74) is 2.09. The Balaban J connectivity index is 1.51. The summed E-state index contributed by atoms with van der Waals surface area (Å²) in [7, 11) is 1.64. The molecule has 0 bridgehead atoms. The number of carbonyl (C=O) groups is 1. The van der Waals surface area contributed by atoms with E-state index in [9.17, 15) is 4.79 Å². The lowest BCUT2D eigenvalue weighted by Crippen LogP contribution is -2.27. The zero-order valence-corrected chi connectivity index (χ0v) is 18.0. The average molecular weight is 431 g/mol. The maximum absolute atomic E-state index is 12.2. The van der Waals surface area contributed by atoms with E-state index in [4.69, 9.17) is 16.3 Å². The summed E-state index contributed by atoms with van der Waals surface area (Å²) in [5, 5.41) is 12.9. The van der Waals surface area contributed by atoms with Crippen LogP contribution in [0, 0.1) is 0 Å². The molecule has 1 heterocycles. The van der Waals surface area contributed by atoms with Gasteiger partial charge in [-0.05, 0) is 55.3 Å². The van der Waals surface area contributed by atoms with Crippen LogP contribution in [0.4, 0.5) is 0 Å². The Kier molecular flexibility index (Phi) is 7.55. The molecular weight excluding hydrogens is 408 g/mol. The minimum atomic E-state index is -0.0257. The van der Waals surface area contributed by atoms with Crippen LogP contribution in [-0.2, 0) is 17.8 Å². The maximum atomic E-state index is 12.2. The van der Waals surface area contributed by atoms with E-state index in [-0.39, 0.29) is 5.91 Å². The number of hydrogen-bond donors (Lipinski definition) is 1. The Hall–Kier alpha value is -2.51. The topological polar surface area (TPSA) is 69.0 Å². The molecule has 0 saturated carbocycles. The number of ether oxygens (including phenoxy) is 1. The van der Waals surface area contributed by atoms with E-state index in [0.717, 1.165) is 34.3 Å². The fourth-order valence-electron chi connectivity index (χ4n) is 2.81. The van der Waals surface area contributed by atoms with Gasteiger partial charge in [-0.25, -0.2) is 0 Å². The summed E-state index contributed by atoms with van der Waals surface area (Å²) in [5.74, 6) is 1.86. The molecule has 0 atom stereocenters. The third-order valence-electron chi connectivity index (χ3n) is 4.36. The third-order valence-corrected chi connectivity index (χ3v) is 5.58. The van der Waals surface area contributed by atoms with Crippen LogP contribution in [0.1, 0.15) is 12.5 Å². The molecule has 0 aliphatic rings. The SMILES string of the molecule is CCn1c(SCC(=O)NCCc2ccc(OC)cc2)nnc1-c1ccc(Cl)cc1. The van der Waals surface area contributed by atoms with Crippen LogP contribution >= 0.6 is 23.4 Å². The normalized spacial score (nSPS) is 10.7. The van der Waals surface area contributed by atoms with Crippen molar-refractivity contribution in [1.29, 1.82) is 0 Å².